The number of para-hydroxylation sites is 1. The number of ether oxygens (including phenoxy) is 2. The first kappa shape index (κ1) is 28.1. The van der Waals surface area contributed by atoms with E-state index in [-0.39, 0.29) is 24.6 Å². The smallest absolute Gasteiger partial charge is 0.343 e. The molecule has 0 spiro atoms. The van der Waals surface area contributed by atoms with Gasteiger partial charge in [-0.05, 0) is 111 Å². The van der Waals surface area contributed by atoms with Crippen LogP contribution in [0.15, 0.2) is 76.6 Å². The number of aromatic carboxylic acids is 1. The summed E-state index contributed by atoms with van der Waals surface area (Å²) in [6, 6.07) is 19.5. The van der Waals surface area contributed by atoms with Gasteiger partial charge in [-0.25, -0.2) is 14.6 Å². The largest absolute Gasteiger partial charge is 0.480 e. The third kappa shape index (κ3) is 6.94. The zero-order valence-electron chi connectivity index (χ0n) is 19.9. The molecule has 1 heterocycles. The average Bonchev–Trinajstić information content (AvgIpc) is 3.17. The number of benzene rings is 3. The fourth-order valence-corrected chi connectivity index (χ4v) is 6.55. The Hall–Kier alpha value is -2.91. The molecule has 0 unspecified atom stereocenters. The van der Waals surface area contributed by atoms with Crippen molar-refractivity contribution in [2.75, 3.05) is 13.7 Å². The van der Waals surface area contributed by atoms with Crippen molar-refractivity contribution in [1.82, 2.24) is 4.90 Å². The van der Waals surface area contributed by atoms with Gasteiger partial charge in [0.1, 0.15) is 5.75 Å². The summed E-state index contributed by atoms with van der Waals surface area (Å²) in [4.78, 5) is 43.0. The van der Waals surface area contributed by atoms with Crippen LogP contribution in [0.25, 0.3) is 6.08 Å². The van der Waals surface area contributed by atoms with Gasteiger partial charge in [0.05, 0.1) is 37.0 Å². The van der Waals surface area contributed by atoms with Crippen LogP contribution in [-0.4, -0.2) is 46.7 Å². The number of esters is 1. The van der Waals surface area contributed by atoms with Gasteiger partial charge in [-0.2, -0.15) is 0 Å². The number of carbonyl (C=O) groups excluding carboxylic acids is 2. The second-order valence-electron chi connectivity index (χ2n) is 7.91. The molecule has 0 aromatic heterocycles. The average molecular weight is 754 g/mol. The SMILES string of the molecule is COC(=O)COc1c(I)cc(/C=C2\SC(=Nc3ccccc3)N(Cc3ccc(C(=O)O)cc3)C2=O)cc1I. The molecule has 1 fully saturated rings. The van der Waals surface area contributed by atoms with Crippen LogP contribution in [-0.2, 0) is 20.9 Å². The third-order valence-electron chi connectivity index (χ3n) is 5.29. The lowest BCUT2D eigenvalue weighted by atomic mass is 10.1. The molecule has 0 radical (unpaired) electrons. The molecule has 1 amide bonds. The van der Waals surface area contributed by atoms with Crippen molar-refractivity contribution in [3.63, 3.8) is 0 Å². The van der Waals surface area contributed by atoms with E-state index in [0.29, 0.717) is 21.5 Å². The summed E-state index contributed by atoms with van der Waals surface area (Å²) in [5.74, 6) is -1.12. The highest BCUT2D eigenvalue weighted by Crippen LogP contribution is 2.37. The van der Waals surface area contributed by atoms with E-state index in [4.69, 9.17) is 9.73 Å². The summed E-state index contributed by atoms with van der Waals surface area (Å²) in [5.41, 5.74) is 2.47. The number of carboxylic acids is 1. The van der Waals surface area contributed by atoms with Crippen LogP contribution in [0, 0.1) is 7.14 Å². The molecular formula is C27H20I2N2O6S. The summed E-state index contributed by atoms with van der Waals surface area (Å²) in [7, 11) is 1.30. The fourth-order valence-electron chi connectivity index (χ4n) is 3.42. The van der Waals surface area contributed by atoms with E-state index >= 15 is 0 Å². The van der Waals surface area contributed by atoms with Gasteiger partial charge in [0, 0.05) is 0 Å². The molecular weight excluding hydrogens is 734 g/mol. The van der Waals surface area contributed by atoms with Crippen molar-refractivity contribution in [2.24, 2.45) is 4.99 Å². The number of rotatable bonds is 8. The molecule has 4 rings (SSSR count). The molecule has 1 aliphatic rings. The van der Waals surface area contributed by atoms with E-state index in [1.165, 1.54) is 31.0 Å². The van der Waals surface area contributed by atoms with E-state index in [9.17, 15) is 19.5 Å². The third-order valence-corrected chi connectivity index (χ3v) is 7.90. The number of hydrogen-bond acceptors (Lipinski definition) is 7. The van der Waals surface area contributed by atoms with Gasteiger partial charge in [-0.1, -0.05) is 30.3 Å². The first-order valence-corrected chi connectivity index (χ1v) is 14.1. The first-order valence-electron chi connectivity index (χ1n) is 11.1. The highest BCUT2D eigenvalue weighted by Gasteiger charge is 2.33. The molecule has 1 saturated heterocycles. The Balaban J connectivity index is 1.64. The summed E-state index contributed by atoms with van der Waals surface area (Å²) >= 11 is 5.53. The van der Waals surface area contributed by atoms with Crippen LogP contribution < -0.4 is 4.74 Å². The molecule has 0 saturated carbocycles. The number of carbonyl (C=O) groups is 3. The molecule has 11 heteroatoms. The van der Waals surface area contributed by atoms with Crippen molar-refractivity contribution >= 4 is 91.7 Å². The molecule has 1 N–H and O–H groups in total. The van der Waals surface area contributed by atoms with Gasteiger partial charge in [0.2, 0.25) is 0 Å². The summed E-state index contributed by atoms with van der Waals surface area (Å²) in [5, 5.41) is 9.71. The van der Waals surface area contributed by atoms with E-state index in [0.717, 1.165) is 18.3 Å². The normalized spacial score (nSPS) is 15.2. The van der Waals surface area contributed by atoms with E-state index < -0.39 is 11.9 Å². The molecule has 3 aromatic rings. The van der Waals surface area contributed by atoms with Gasteiger partial charge >= 0.3 is 11.9 Å². The van der Waals surface area contributed by atoms with Crippen molar-refractivity contribution < 1.29 is 29.0 Å². The molecule has 0 aliphatic carbocycles. The summed E-state index contributed by atoms with van der Waals surface area (Å²) < 4.78 is 11.8. The quantitative estimate of drug-likeness (QED) is 0.172. The van der Waals surface area contributed by atoms with Crippen molar-refractivity contribution in [3.8, 4) is 5.75 Å². The minimum Gasteiger partial charge on any atom is -0.480 e. The number of thioether (sulfide) groups is 1. The fraction of sp³-hybridized carbons (Fsp3) is 0.111. The maximum atomic E-state index is 13.5. The number of nitrogens with zero attached hydrogens (tertiary/aromatic N) is 2. The standard InChI is InChI=1S/C27H20I2N2O6S/c1-36-23(32)15-37-24-20(28)11-17(12-21(24)29)13-22-25(33)31(14-16-7-9-18(10-8-16)26(34)35)27(38-22)30-19-5-3-2-4-6-19/h2-13H,14-15H2,1H3,(H,34,35)/b22-13-,30-27?. The van der Waals surface area contributed by atoms with E-state index in [1.54, 1.807) is 23.1 Å². The predicted molar refractivity (Wildman–Crippen MR) is 162 cm³/mol. The summed E-state index contributed by atoms with van der Waals surface area (Å²) in [6.07, 6.45) is 1.80. The highest BCUT2D eigenvalue weighted by molar-refractivity contribution is 14.1. The molecule has 8 nitrogen and oxygen atoms in total. The minimum atomic E-state index is -1.01. The molecule has 3 aromatic carbocycles. The topological polar surface area (TPSA) is 106 Å². The molecule has 194 valence electrons. The van der Waals surface area contributed by atoms with Crippen LogP contribution in [0.4, 0.5) is 5.69 Å². The van der Waals surface area contributed by atoms with Crippen LogP contribution in [0.5, 0.6) is 5.75 Å². The Morgan fingerprint density at radius 2 is 1.71 bits per heavy atom. The van der Waals surface area contributed by atoms with Gasteiger partial charge in [0.15, 0.2) is 11.8 Å². The molecule has 0 bridgehead atoms. The van der Waals surface area contributed by atoms with Crippen molar-refractivity contribution in [2.45, 2.75) is 6.54 Å². The number of halogens is 2. The van der Waals surface area contributed by atoms with Crippen LogP contribution in [0.2, 0.25) is 0 Å². The Morgan fingerprint density at radius 1 is 1.05 bits per heavy atom. The number of hydrogen-bond donors (Lipinski definition) is 1. The Morgan fingerprint density at radius 3 is 2.32 bits per heavy atom. The zero-order valence-corrected chi connectivity index (χ0v) is 25.0. The zero-order chi connectivity index (χ0) is 27.2. The number of amides is 1. The van der Waals surface area contributed by atoms with Crippen molar-refractivity contribution in [1.29, 1.82) is 0 Å². The lowest BCUT2D eigenvalue weighted by Crippen LogP contribution is -2.28. The number of aliphatic imine (C=N–C) groups is 1. The predicted octanol–water partition coefficient (Wildman–Crippen LogP) is 5.95. The Bertz CT molecular complexity index is 1420. The first-order chi connectivity index (χ1) is 18.2. The van der Waals surface area contributed by atoms with Gasteiger partial charge in [-0.15, -0.1) is 0 Å². The lowest BCUT2D eigenvalue weighted by molar-refractivity contribution is -0.143. The number of carboxylic acid groups (broad SMARTS) is 1. The van der Waals surface area contributed by atoms with E-state index in [1.807, 2.05) is 42.5 Å². The van der Waals surface area contributed by atoms with Crippen LogP contribution in [0.1, 0.15) is 21.5 Å². The van der Waals surface area contributed by atoms with Crippen LogP contribution in [0.3, 0.4) is 0 Å². The second kappa shape index (κ2) is 12.8. The lowest BCUT2D eigenvalue weighted by Gasteiger charge is -2.16. The highest BCUT2D eigenvalue weighted by atomic mass is 127. The van der Waals surface area contributed by atoms with E-state index in [2.05, 4.69) is 49.9 Å². The van der Waals surface area contributed by atoms with Gasteiger partial charge in [0.25, 0.3) is 5.91 Å². The number of methoxy groups -OCH3 is 1. The molecule has 38 heavy (non-hydrogen) atoms. The Labute approximate surface area is 250 Å². The van der Waals surface area contributed by atoms with Gasteiger partial charge in [-0.3, -0.25) is 9.69 Å². The van der Waals surface area contributed by atoms with Crippen LogP contribution >= 0.6 is 56.9 Å². The maximum absolute atomic E-state index is 13.5. The molecule has 1 aliphatic heterocycles. The Kier molecular flexibility index (Phi) is 9.44. The van der Waals surface area contributed by atoms with Crippen molar-refractivity contribution in [3.05, 3.63) is 95.5 Å². The molecule has 0 atom stereocenters. The minimum absolute atomic E-state index is 0.179. The summed E-state index contributed by atoms with van der Waals surface area (Å²) in [6.45, 7) is 0.0447. The monoisotopic (exact) mass is 754 g/mol. The second-order valence-corrected chi connectivity index (χ2v) is 11.2. The number of amidine groups is 1. The maximum Gasteiger partial charge on any atom is 0.343 e. The van der Waals surface area contributed by atoms with Gasteiger partial charge < -0.3 is 14.6 Å².